The van der Waals surface area contributed by atoms with Gasteiger partial charge in [-0.25, -0.2) is 4.98 Å². The zero-order valence-corrected chi connectivity index (χ0v) is 11.7. The van der Waals surface area contributed by atoms with Gasteiger partial charge in [0.1, 0.15) is 0 Å². The van der Waals surface area contributed by atoms with Crippen LogP contribution >= 0.6 is 11.3 Å². The van der Waals surface area contributed by atoms with Gasteiger partial charge in [-0.05, 0) is 30.4 Å². The van der Waals surface area contributed by atoms with Crippen LogP contribution in [0.1, 0.15) is 34.9 Å². The number of thiazole rings is 1. The molecule has 4 heteroatoms. The highest BCUT2D eigenvalue weighted by Crippen LogP contribution is 2.34. The number of benzene rings is 1. The van der Waals surface area contributed by atoms with Crippen molar-refractivity contribution in [3.05, 3.63) is 52.0 Å². The Morgan fingerprint density at radius 1 is 1.42 bits per heavy atom. The van der Waals surface area contributed by atoms with Gasteiger partial charge in [0.2, 0.25) is 0 Å². The molecule has 3 N–H and O–H groups in total. The maximum Gasteiger partial charge on any atom is 0.0941 e. The number of nitrogens with one attached hydrogen (secondary N) is 1. The van der Waals surface area contributed by atoms with Crippen LogP contribution in [0.4, 0.5) is 0 Å². The molecule has 0 saturated carbocycles. The second kappa shape index (κ2) is 5.82. The molecule has 0 amide bonds. The van der Waals surface area contributed by atoms with Gasteiger partial charge >= 0.3 is 0 Å². The Morgan fingerprint density at radius 3 is 3.11 bits per heavy atom. The fourth-order valence-corrected chi connectivity index (χ4v) is 3.74. The number of hydrogen-bond acceptors (Lipinski definition) is 4. The van der Waals surface area contributed by atoms with E-state index in [1.165, 1.54) is 30.4 Å². The Balaban J connectivity index is 1.84. The summed E-state index contributed by atoms with van der Waals surface area (Å²) in [5.74, 6) is 6.30. The Labute approximate surface area is 117 Å². The predicted octanol–water partition coefficient (Wildman–Crippen LogP) is 2.64. The van der Waals surface area contributed by atoms with Gasteiger partial charge in [0.05, 0.1) is 5.01 Å². The first kappa shape index (κ1) is 12.8. The Hall–Kier alpha value is -1.23. The average Bonchev–Trinajstić information content (AvgIpc) is 2.97. The maximum absolute atomic E-state index is 5.80. The van der Waals surface area contributed by atoms with E-state index in [0.29, 0.717) is 5.92 Å². The lowest BCUT2D eigenvalue weighted by molar-refractivity contribution is 0.394. The minimum Gasteiger partial charge on any atom is -0.271 e. The van der Waals surface area contributed by atoms with E-state index in [1.807, 2.05) is 11.6 Å². The molecule has 0 radical (unpaired) electrons. The van der Waals surface area contributed by atoms with E-state index in [-0.39, 0.29) is 6.04 Å². The van der Waals surface area contributed by atoms with Crippen LogP contribution in [0.3, 0.4) is 0 Å². The van der Waals surface area contributed by atoms with Gasteiger partial charge in [-0.15, -0.1) is 11.3 Å². The van der Waals surface area contributed by atoms with Crippen molar-refractivity contribution in [3.8, 4) is 0 Å². The zero-order valence-electron chi connectivity index (χ0n) is 10.9. The summed E-state index contributed by atoms with van der Waals surface area (Å²) in [4.78, 5) is 4.38. The van der Waals surface area contributed by atoms with Crippen molar-refractivity contribution in [3.63, 3.8) is 0 Å². The molecule has 0 spiro atoms. The minimum atomic E-state index is 0.271. The van der Waals surface area contributed by atoms with E-state index in [9.17, 15) is 0 Å². The van der Waals surface area contributed by atoms with Crippen LogP contribution < -0.4 is 11.3 Å². The molecule has 0 fully saturated rings. The highest BCUT2D eigenvalue weighted by atomic mass is 32.1. The molecule has 19 heavy (non-hydrogen) atoms. The van der Waals surface area contributed by atoms with Crippen molar-refractivity contribution >= 4 is 11.3 Å². The molecule has 0 aliphatic heterocycles. The number of rotatable bonds is 4. The number of aryl methyl sites for hydroxylation is 1. The Morgan fingerprint density at radius 2 is 2.32 bits per heavy atom. The number of aromatic nitrogens is 1. The molecule has 2 unspecified atom stereocenters. The first-order chi connectivity index (χ1) is 9.38. The van der Waals surface area contributed by atoms with Crippen LogP contribution in [-0.4, -0.2) is 11.0 Å². The molecule has 1 aliphatic carbocycles. The van der Waals surface area contributed by atoms with Crippen LogP contribution in [0.15, 0.2) is 35.8 Å². The van der Waals surface area contributed by atoms with Crippen molar-refractivity contribution < 1.29 is 0 Å². The molecular weight excluding hydrogens is 254 g/mol. The molecule has 3 rings (SSSR count). The number of fused-ring (bicyclic) bond motifs is 1. The summed E-state index contributed by atoms with van der Waals surface area (Å²) in [6.07, 6.45) is 6.42. The number of nitrogens with zero attached hydrogens (tertiary/aromatic N) is 1. The number of hydrazine groups is 1. The van der Waals surface area contributed by atoms with Crippen molar-refractivity contribution in [1.29, 1.82) is 0 Å². The third kappa shape index (κ3) is 2.71. The molecule has 100 valence electrons. The summed E-state index contributed by atoms with van der Waals surface area (Å²) in [5, 5.41) is 3.18. The molecular formula is C15H19N3S. The molecule has 1 aromatic heterocycles. The van der Waals surface area contributed by atoms with Gasteiger partial charge in [0.15, 0.2) is 0 Å². The van der Waals surface area contributed by atoms with Crippen LogP contribution in [0.25, 0.3) is 0 Å². The molecule has 2 atom stereocenters. The maximum atomic E-state index is 5.80. The van der Waals surface area contributed by atoms with Crippen molar-refractivity contribution in [1.82, 2.24) is 10.4 Å². The van der Waals surface area contributed by atoms with Crippen molar-refractivity contribution in [2.75, 3.05) is 0 Å². The van der Waals surface area contributed by atoms with Gasteiger partial charge in [0, 0.05) is 30.0 Å². The summed E-state index contributed by atoms with van der Waals surface area (Å²) in [6, 6.07) is 9.04. The van der Waals surface area contributed by atoms with Gasteiger partial charge in [-0.2, -0.15) is 0 Å². The highest BCUT2D eigenvalue weighted by molar-refractivity contribution is 7.09. The largest absolute Gasteiger partial charge is 0.271 e. The lowest BCUT2D eigenvalue weighted by atomic mass is 9.78. The standard InChI is InChI=1S/C15H19N3S/c16-18-14(10-15-17-8-9-19-15)13-7-3-5-11-4-1-2-6-12(11)13/h1-2,4,6,8-9,13-14,18H,3,5,7,10,16H2. The van der Waals surface area contributed by atoms with E-state index in [0.717, 1.165) is 11.4 Å². The topological polar surface area (TPSA) is 50.9 Å². The summed E-state index contributed by atoms with van der Waals surface area (Å²) in [7, 11) is 0. The highest BCUT2D eigenvalue weighted by Gasteiger charge is 2.27. The fraction of sp³-hybridized carbons (Fsp3) is 0.400. The lowest BCUT2D eigenvalue weighted by Gasteiger charge is -2.31. The smallest absolute Gasteiger partial charge is 0.0941 e. The lowest BCUT2D eigenvalue weighted by Crippen LogP contribution is -2.42. The van der Waals surface area contributed by atoms with E-state index in [4.69, 9.17) is 5.84 Å². The number of hydrogen-bond donors (Lipinski definition) is 2. The van der Waals surface area contributed by atoms with Crippen LogP contribution in [0.5, 0.6) is 0 Å². The molecule has 0 bridgehead atoms. The van der Waals surface area contributed by atoms with Crippen LogP contribution in [0.2, 0.25) is 0 Å². The summed E-state index contributed by atoms with van der Waals surface area (Å²) >= 11 is 1.71. The second-order valence-electron chi connectivity index (χ2n) is 5.10. The van der Waals surface area contributed by atoms with E-state index >= 15 is 0 Å². The van der Waals surface area contributed by atoms with Crippen molar-refractivity contribution in [2.45, 2.75) is 37.6 Å². The summed E-state index contributed by atoms with van der Waals surface area (Å²) < 4.78 is 0. The molecule has 1 heterocycles. The molecule has 1 aliphatic rings. The fourth-order valence-electron chi connectivity index (χ4n) is 3.07. The first-order valence-corrected chi connectivity index (χ1v) is 7.68. The predicted molar refractivity (Wildman–Crippen MR) is 79.1 cm³/mol. The van der Waals surface area contributed by atoms with E-state index in [1.54, 1.807) is 11.3 Å². The molecule has 2 aromatic rings. The monoisotopic (exact) mass is 273 g/mol. The second-order valence-corrected chi connectivity index (χ2v) is 6.08. The average molecular weight is 273 g/mol. The van der Waals surface area contributed by atoms with E-state index < -0.39 is 0 Å². The van der Waals surface area contributed by atoms with Gasteiger partial charge < -0.3 is 0 Å². The van der Waals surface area contributed by atoms with E-state index in [2.05, 4.69) is 34.7 Å². The summed E-state index contributed by atoms with van der Waals surface area (Å²) in [6.45, 7) is 0. The molecule has 0 saturated heterocycles. The molecule has 3 nitrogen and oxygen atoms in total. The zero-order chi connectivity index (χ0) is 13.1. The summed E-state index contributed by atoms with van der Waals surface area (Å²) in [5.41, 5.74) is 5.97. The SMILES string of the molecule is NNC(Cc1nccs1)C1CCCc2ccccc21. The quantitative estimate of drug-likeness (QED) is 0.665. The van der Waals surface area contributed by atoms with Gasteiger partial charge in [0.25, 0.3) is 0 Å². The van der Waals surface area contributed by atoms with Gasteiger partial charge in [-0.1, -0.05) is 24.3 Å². The Bertz CT molecular complexity index is 524. The van der Waals surface area contributed by atoms with Crippen molar-refractivity contribution in [2.24, 2.45) is 5.84 Å². The third-order valence-corrected chi connectivity index (χ3v) is 4.80. The normalized spacial score (nSPS) is 19.9. The first-order valence-electron chi connectivity index (χ1n) is 6.81. The minimum absolute atomic E-state index is 0.271. The van der Waals surface area contributed by atoms with Crippen LogP contribution in [-0.2, 0) is 12.8 Å². The van der Waals surface area contributed by atoms with Crippen LogP contribution in [0, 0.1) is 0 Å². The third-order valence-electron chi connectivity index (χ3n) is 3.99. The Kier molecular flexibility index (Phi) is 3.92. The van der Waals surface area contributed by atoms with Gasteiger partial charge in [-0.3, -0.25) is 11.3 Å². The molecule has 1 aromatic carbocycles. The number of nitrogens with two attached hydrogens (primary N) is 1.